The lowest BCUT2D eigenvalue weighted by Crippen LogP contribution is -2.51. The van der Waals surface area contributed by atoms with E-state index < -0.39 is 0 Å². The molecule has 1 aliphatic heterocycles. The van der Waals surface area contributed by atoms with Crippen LogP contribution >= 0.6 is 0 Å². The van der Waals surface area contributed by atoms with Crippen molar-refractivity contribution in [1.82, 2.24) is 14.9 Å². The number of carbonyl (C=O) groups excluding carboxylic acids is 1. The van der Waals surface area contributed by atoms with Crippen molar-refractivity contribution in [3.63, 3.8) is 0 Å². The molecule has 1 aromatic rings. The van der Waals surface area contributed by atoms with Crippen LogP contribution in [0.15, 0.2) is 12.5 Å². The van der Waals surface area contributed by atoms with E-state index in [1.807, 2.05) is 4.90 Å². The zero-order valence-electron chi connectivity index (χ0n) is 9.52. The standard InChI is InChI=1S/C11H18N4O/c1-8-3-2-4-9(5-12)15(8)11(16)10-6-13-7-14-10/h6-9H,2-5,12H2,1H3,(H,13,14). The Morgan fingerprint density at radius 3 is 3.12 bits per heavy atom. The zero-order valence-corrected chi connectivity index (χ0v) is 9.52. The van der Waals surface area contributed by atoms with Gasteiger partial charge in [-0.1, -0.05) is 0 Å². The van der Waals surface area contributed by atoms with Crippen LogP contribution in [0.5, 0.6) is 0 Å². The van der Waals surface area contributed by atoms with Gasteiger partial charge in [0.25, 0.3) is 5.91 Å². The van der Waals surface area contributed by atoms with Crippen molar-refractivity contribution in [1.29, 1.82) is 0 Å². The average molecular weight is 222 g/mol. The van der Waals surface area contributed by atoms with Gasteiger partial charge in [-0.15, -0.1) is 0 Å². The minimum atomic E-state index is 0.0140. The Balaban J connectivity index is 2.19. The van der Waals surface area contributed by atoms with Crippen molar-refractivity contribution in [3.8, 4) is 0 Å². The van der Waals surface area contributed by atoms with E-state index >= 15 is 0 Å². The van der Waals surface area contributed by atoms with Gasteiger partial charge in [0.15, 0.2) is 0 Å². The molecule has 2 heterocycles. The van der Waals surface area contributed by atoms with Crippen LogP contribution in [0.1, 0.15) is 36.7 Å². The normalized spacial score (nSPS) is 25.8. The van der Waals surface area contributed by atoms with Crippen LogP contribution < -0.4 is 5.73 Å². The third-order valence-electron chi connectivity index (χ3n) is 3.26. The summed E-state index contributed by atoms with van der Waals surface area (Å²) in [7, 11) is 0. The van der Waals surface area contributed by atoms with Gasteiger partial charge in [0, 0.05) is 18.6 Å². The zero-order chi connectivity index (χ0) is 11.5. The van der Waals surface area contributed by atoms with E-state index in [1.54, 1.807) is 6.20 Å². The highest BCUT2D eigenvalue weighted by Crippen LogP contribution is 2.23. The van der Waals surface area contributed by atoms with Gasteiger partial charge < -0.3 is 15.6 Å². The summed E-state index contributed by atoms with van der Waals surface area (Å²) in [5.74, 6) is 0.0140. The van der Waals surface area contributed by atoms with E-state index in [4.69, 9.17) is 5.73 Å². The molecule has 1 amide bonds. The number of nitrogens with one attached hydrogen (secondary N) is 1. The number of hydrogen-bond acceptors (Lipinski definition) is 3. The van der Waals surface area contributed by atoms with Crippen molar-refractivity contribution in [2.24, 2.45) is 5.73 Å². The molecule has 1 fully saturated rings. The Hall–Kier alpha value is -1.36. The number of hydrogen-bond donors (Lipinski definition) is 2. The van der Waals surface area contributed by atoms with Crippen LogP contribution in [-0.2, 0) is 0 Å². The minimum absolute atomic E-state index is 0.0140. The highest BCUT2D eigenvalue weighted by Gasteiger charge is 2.31. The molecule has 1 aromatic heterocycles. The molecule has 0 bridgehead atoms. The van der Waals surface area contributed by atoms with Crippen molar-refractivity contribution >= 4 is 5.91 Å². The molecule has 16 heavy (non-hydrogen) atoms. The lowest BCUT2D eigenvalue weighted by molar-refractivity contribution is 0.0488. The Kier molecular flexibility index (Phi) is 3.24. The first-order valence-corrected chi connectivity index (χ1v) is 5.75. The van der Waals surface area contributed by atoms with Crippen LogP contribution in [0.4, 0.5) is 0 Å². The maximum atomic E-state index is 12.2. The topological polar surface area (TPSA) is 75.0 Å². The van der Waals surface area contributed by atoms with Crippen LogP contribution in [0.2, 0.25) is 0 Å². The molecule has 2 unspecified atom stereocenters. The fourth-order valence-corrected chi connectivity index (χ4v) is 2.40. The number of likely N-dealkylation sites (tertiary alicyclic amines) is 1. The summed E-state index contributed by atoms with van der Waals surface area (Å²) in [4.78, 5) is 20.9. The quantitative estimate of drug-likeness (QED) is 0.775. The van der Waals surface area contributed by atoms with E-state index in [0.717, 1.165) is 19.3 Å². The number of amides is 1. The summed E-state index contributed by atoms with van der Waals surface area (Å²) < 4.78 is 0. The number of nitrogens with zero attached hydrogens (tertiary/aromatic N) is 2. The largest absolute Gasteiger partial charge is 0.341 e. The van der Waals surface area contributed by atoms with Gasteiger partial charge in [-0.25, -0.2) is 4.98 Å². The van der Waals surface area contributed by atoms with E-state index in [0.29, 0.717) is 12.2 Å². The molecule has 2 atom stereocenters. The highest BCUT2D eigenvalue weighted by molar-refractivity contribution is 5.92. The molecule has 1 saturated heterocycles. The van der Waals surface area contributed by atoms with Gasteiger partial charge in [-0.05, 0) is 26.2 Å². The fraction of sp³-hybridized carbons (Fsp3) is 0.636. The summed E-state index contributed by atoms with van der Waals surface area (Å²) in [6.07, 6.45) is 6.30. The van der Waals surface area contributed by atoms with Crippen molar-refractivity contribution < 1.29 is 4.79 Å². The Morgan fingerprint density at radius 1 is 1.69 bits per heavy atom. The molecule has 88 valence electrons. The Morgan fingerprint density at radius 2 is 2.50 bits per heavy atom. The molecule has 0 aliphatic carbocycles. The second-order valence-electron chi connectivity index (χ2n) is 4.35. The predicted molar refractivity (Wildman–Crippen MR) is 60.9 cm³/mol. The summed E-state index contributed by atoms with van der Waals surface area (Å²) in [6, 6.07) is 0.428. The summed E-state index contributed by atoms with van der Waals surface area (Å²) >= 11 is 0. The first kappa shape index (κ1) is 11.1. The number of aromatic nitrogens is 2. The number of imidazole rings is 1. The molecule has 3 N–H and O–H groups in total. The van der Waals surface area contributed by atoms with E-state index in [2.05, 4.69) is 16.9 Å². The van der Waals surface area contributed by atoms with Crippen LogP contribution in [-0.4, -0.2) is 39.4 Å². The number of aromatic amines is 1. The maximum Gasteiger partial charge on any atom is 0.272 e. The SMILES string of the molecule is CC1CCCC(CN)N1C(=O)c1cnc[nH]1. The molecule has 2 rings (SSSR count). The monoisotopic (exact) mass is 222 g/mol. The van der Waals surface area contributed by atoms with Gasteiger partial charge in [0.1, 0.15) is 5.69 Å². The van der Waals surface area contributed by atoms with Crippen molar-refractivity contribution in [3.05, 3.63) is 18.2 Å². The molecule has 1 aliphatic rings. The second-order valence-corrected chi connectivity index (χ2v) is 4.35. The predicted octanol–water partition coefficient (Wildman–Crippen LogP) is 0.752. The number of rotatable bonds is 2. The van der Waals surface area contributed by atoms with Gasteiger partial charge in [0.05, 0.1) is 12.5 Å². The number of H-pyrrole nitrogens is 1. The molecule has 0 radical (unpaired) electrons. The van der Waals surface area contributed by atoms with Crippen LogP contribution in [0.3, 0.4) is 0 Å². The molecular weight excluding hydrogens is 204 g/mol. The van der Waals surface area contributed by atoms with Gasteiger partial charge in [0.2, 0.25) is 0 Å². The Labute approximate surface area is 95.0 Å². The number of carbonyl (C=O) groups is 1. The molecule has 5 heteroatoms. The van der Waals surface area contributed by atoms with Crippen molar-refractivity contribution in [2.45, 2.75) is 38.3 Å². The van der Waals surface area contributed by atoms with Crippen molar-refractivity contribution in [2.75, 3.05) is 6.54 Å². The molecule has 0 saturated carbocycles. The third kappa shape index (κ3) is 1.95. The third-order valence-corrected chi connectivity index (χ3v) is 3.26. The molecule has 5 nitrogen and oxygen atoms in total. The molecular formula is C11H18N4O. The minimum Gasteiger partial charge on any atom is -0.341 e. The van der Waals surface area contributed by atoms with Gasteiger partial charge >= 0.3 is 0 Å². The highest BCUT2D eigenvalue weighted by atomic mass is 16.2. The van der Waals surface area contributed by atoms with Gasteiger partial charge in [-0.3, -0.25) is 4.79 Å². The maximum absolute atomic E-state index is 12.2. The van der Waals surface area contributed by atoms with Gasteiger partial charge in [-0.2, -0.15) is 0 Å². The lowest BCUT2D eigenvalue weighted by atomic mass is 9.96. The molecule has 0 spiro atoms. The summed E-state index contributed by atoms with van der Waals surface area (Å²) in [6.45, 7) is 2.61. The first-order chi connectivity index (χ1) is 7.74. The number of nitrogens with two attached hydrogens (primary N) is 1. The van der Waals surface area contributed by atoms with E-state index in [-0.39, 0.29) is 18.0 Å². The van der Waals surface area contributed by atoms with E-state index in [9.17, 15) is 4.79 Å². The Bertz CT molecular complexity index is 349. The fourth-order valence-electron chi connectivity index (χ4n) is 2.40. The number of piperidine rings is 1. The second kappa shape index (κ2) is 4.65. The molecule has 0 aromatic carbocycles. The summed E-state index contributed by atoms with van der Waals surface area (Å²) in [5.41, 5.74) is 6.28. The summed E-state index contributed by atoms with van der Waals surface area (Å²) in [5, 5.41) is 0. The van der Waals surface area contributed by atoms with E-state index in [1.165, 1.54) is 6.33 Å². The lowest BCUT2D eigenvalue weighted by Gasteiger charge is -2.40. The first-order valence-electron chi connectivity index (χ1n) is 5.75. The van der Waals surface area contributed by atoms with Crippen LogP contribution in [0, 0.1) is 0 Å². The smallest absolute Gasteiger partial charge is 0.272 e. The average Bonchev–Trinajstić information content (AvgIpc) is 2.81. The van der Waals surface area contributed by atoms with Crippen LogP contribution in [0.25, 0.3) is 0 Å².